The number of unbranched alkanes of at least 4 members (excludes halogenated alkanes) is 2. The van der Waals surface area contributed by atoms with Gasteiger partial charge in [-0.15, -0.1) is 0 Å². The quantitative estimate of drug-likeness (QED) is 0.180. The molecule has 0 fully saturated rings. The van der Waals surface area contributed by atoms with E-state index in [2.05, 4.69) is 12.2 Å². The van der Waals surface area contributed by atoms with Gasteiger partial charge in [0.25, 0.3) is 0 Å². The third kappa shape index (κ3) is 8.18. The summed E-state index contributed by atoms with van der Waals surface area (Å²) in [5.41, 5.74) is 0.991. The van der Waals surface area contributed by atoms with Gasteiger partial charge in [-0.05, 0) is 68.7 Å². The van der Waals surface area contributed by atoms with Crippen LogP contribution in [0.25, 0.3) is 6.08 Å². The molecule has 0 spiro atoms. The van der Waals surface area contributed by atoms with Crippen LogP contribution < -0.4 is 0 Å². The summed E-state index contributed by atoms with van der Waals surface area (Å²) in [6.45, 7) is 0.445. The van der Waals surface area contributed by atoms with Gasteiger partial charge in [-0.25, -0.2) is 4.79 Å². The van der Waals surface area contributed by atoms with Crippen molar-refractivity contribution in [2.75, 3.05) is 6.61 Å². The highest BCUT2D eigenvalue weighted by Crippen LogP contribution is 2.26. The Bertz CT molecular complexity index is 692. The first-order valence-corrected chi connectivity index (χ1v) is 10.9. The molecule has 0 saturated carbocycles. The molecule has 3 rings (SSSR count). The van der Waals surface area contributed by atoms with E-state index in [0.717, 1.165) is 68.4 Å². The number of benzene rings is 1. The van der Waals surface area contributed by atoms with Crippen molar-refractivity contribution in [3.63, 3.8) is 0 Å². The number of carbonyl (C=O) groups excluding carboxylic acids is 1. The van der Waals surface area contributed by atoms with E-state index < -0.39 is 0 Å². The van der Waals surface area contributed by atoms with E-state index in [1.54, 1.807) is 6.08 Å². The van der Waals surface area contributed by atoms with Crippen molar-refractivity contribution in [2.45, 2.75) is 70.5 Å². The van der Waals surface area contributed by atoms with Gasteiger partial charge in [0.2, 0.25) is 6.29 Å². The standard InChI is InChI=1S/C25H32O4/c26-24(19-18-21-11-3-1-4-12-21)27-20-10-2-5-17-25(28-22-13-6-7-14-22)29-23-15-8-9-16-23/h1,3-4,11-13,15,18-19,25H,2,5-10,14,16-17,20H2. The van der Waals surface area contributed by atoms with E-state index in [9.17, 15) is 4.79 Å². The molecule has 29 heavy (non-hydrogen) atoms. The Kier molecular flexibility index (Phi) is 8.89. The molecular weight excluding hydrogens is 364 g/mol. The molecule has 0 unspecified atom stereocenters. The van der Waals surface area contributed by atoms with Gasteiger partial charge < -0.3 is 14.2 Å². The van der Waals surface area contributed by atoms with Gasteiger partial charge in [0.1, 0.15) is 0 Å². The minimum atomic E-state index is -0.292. The number of esters is 1. The molecule has 2 aliphatic rings. The lowest BCUT2D eigenvalue weighted by Crippen LogP contribution is -2.16. The summed E-state index contributed by atoms with van der Waals surface area (Å²) in [5, 5.41) is 0. The molecule has 0 amide bonds. The first kappa shape index (κ1) is 21.2. The Hall–Kier alpha value is -2.49. The molecule has 4 nitrogen and oxygen atoms in total. The topological polar surface area (TPSA) is 44.8 Å². The van der Waals surface area contributed by atoms with E-state index in [1.165, 1.54) is 18.9 Å². The predicted molar refractivity (Wildman–Crippen MR) is 115 cm³/mol. The van der Waals surface area contributed by atoms with Crippen LogP contribution in [0.4, 0.5) is 0 Å². The Morgan fingerprint density at radius 1 is 0.931 bits per heavy atom. The summed E-state index contributed by atoms with van der Waals surface area (Å²) < 4.78 is 17.5. The molecule has 0 aromatic heterocycles. The van der Waals surface area contributed by atoms with Crippen LogP contribution >= 0.6 is 0 Å². The minimum absolute atomic E-state index is 0.194. The monoisotopic (exact) mass is 396 g/mol. The Morgan fingerprint density at radius 2 is 1.62 bits per heavy atom. The highest BCUT2D eigenvalue weighted by atomic mass is 16.7. The minimum Gasteiger partial charge on any atom is -0.463 e. The third-order valence-electron chi connectivity index (χ3n) is 5.10. The number of hydrogen-bond acceptors (Lipinski definition) is 4. The fourth-order valence-corrected chi connectivity index (χ4v) is 3.52. The zero-order valence-electron chi connectivity index (χ0n) is 17.2. The van der Waals surface area contributed by atoms with Crippen molar-refractivity contribution < 1.29 is 19.0 Å². The zero-order valence-corrected chi connectivity index (χ0v) is 17.2. The molecule has 0 bridgehead atoms. The summed E-state index contributed by atoms with van der Waals surface area (Å²) in [6.07, 6.45) is 17.7. The van der Waals surface area contributed by atoms with E-state index in [0.29, 0.717) is 6.61 Å². The molecule has 0 saturated heterocycles. The third-order valence-corrected chi connectivity index (χ3v) is 5.10. The maximum absolute atomic E-state index is 11.8. The summed E-state index contributed by atoms with van der Waals surface area (Å²) >= 11 is 0. The first-order chi connectivity index (χ1) is 14.3. The van der Waals surface area contributed by atoms with Crippen LogP contribution in [-0.4, -0.2) is 18.9 Å². The van der Waals surface area contributed by atoms with Crippen molar-refractivity contribution in [1.82, 2.24) is 0 Å². The van der Waals surface area contributed by atoms with Crippen LogP contribution in [0, 0.1) is 0 Å². The van der Waals surface area contributed by atoms with E-state index >= 15 is 0 Å². The van der Waals surface area contributed by atoms with E-state index in [1.807, 2.05) is 30.3 Å². The van der Waals surface area contributed by atoms with Gasteiger partial charge in [-0.3, -0.25) is 0 Å². The van der Waals surface area contributed by atoms with E-state index in [4.69, 9.17) is 14.2 Å². The molecule has 0 heterocycles. The summed E-state index contributed by atoms with van der Waals surface area (Å²) in [4.78, 5) is 11.8. The fraction of sp³-hybridized carbons (Fsp3) is 0.480. The Balaban J connectivity index is 1.30. The zero-order chi connectivity index (χ0) is 20.2. The Morgan fingerprint density at radius 3 is 2.24 bits per heavy atom. The van der Waals surface area contributed by atoms with E-state index in [-0.39, 0.29) is 12.3 Å². The molecule has 156 valence electrons. The van der Waals surface area contributed by atoms with Crippen molar-refractivity contribution in [2.24, 2.45) is 0 Å². The van der Waals surface area contributed by atoms with Crippen LogP contribution in [0.3, 0.4) is 0 Å². The van der Waals surface area contributed by atoms with Gasteiger partial charge >= 0.3 is 5.97 Å². The van der Waals surface area contributed by atoms with Crippen molar-refractivity contribution >= 4 is 12.0 Å². The normalized spacial score (nSPS) is 16.2. The molecule has 0 N–H and O–H groups in total. The van der Waals surface area contributed by atoms with Gasteiger partial charge in [0.05, 0.1) is 18.1 Å². The molecule has 0 aliphatic heterocycles. The lowest BCUT2D eigenvalue weighted by molar-refractivity contribution is -0.137. The van der Waals surface area contributed by atoms with Crippen LogP contribution in [0.15, 0.2) is 60.1 Å². The van der Waals surface area contributed by atoms with Crippen molar-refractivity contribution in [3.05, 3.63) is 65.6 Å². The highest BCUT2D eigenvalue weighted by molar-refractivity contribution is 5.86. The van der Waals surface area contributed by atoms with Gasteiger partial charge in [0, 0.05) is 25.3 Å². The maximum atomic E-state index is 11.8. The second kappa shape index (κ2) is 12.2. The molecule has 1 aromatic rings. The predicted octanol–water partition coefficient (Wildman–Crippen LogP) is 6.30. The number of rotatable bonds is 12. The summed E-state index contributed by atoms with van der Waals surface area (Å²) in [7, 11) is 0. The smallest absolute Gasteiger partial charge is 0.330 e. The van der Waals surface area contributed by atoms with Gasteiger partial charge in [-0.1, -0.05) is 30.3 Å². The molecule has 4 heteroatoms. The highest BCUT2D eigenvalue weighted by Gasteiger charge is 2.18. The lowest BCUT2D eigenvalue weighted by Gasteiger charge is -2.22. The molecular formula is C25H32O4. The second-order valence-corrected chi connectivity index (χ2v) is 7.55. The molecule has 0 radical (unpaired) electrons. The summed E-state index contributed by atoms with van der Waals surface area (Å²) in [5.74, 6) is 1.86. The first-order valence-electron chi connectivity index (χ1n) is 10.9. The largest absolute Gasteiger partial charge is 0.463 e. The number of allylic oxidation sites excluding steroid dienone is 4. The lowest BCUT2D eigenvalue weighted by atomic mass is 10.2. The van der Waals surface area contributed by atoms with Crippen molar-refractivity contribution in [1.29, 1.82) is 0 Å². The molecule has 1 aromatic carbocycles. The number of carbonyl (C=O) groups is 1. The Labute approximate surface area is 174 Å². The van der Waals surface area contributed by atoms with Crippen LogP contribution in [0.5, 0.6) is 0 Å². The number of hydrogen-bond donors (Lipinski definition) is 0. The van der Waals surface area contributed by atoms with Crippen LogP contribution in [0.2, 0.25) is 0 Å². The average Bonchev–Trinajstić information content (AvgIpc) is 3.44. The second-order valence-electron chi connectivity index (χ2n) is 7.55. The maximum Gasteiger partial charge on any atom is 0.330 e. The van der Waals surface area contributed by atoms with Crippen molar-refractivity contribution in [3.8, 4) is 0 Å². The molecule has 2 aliphatic carbocycles. The number of ether oxygens (including phenoxy) is 3. The average molecular weight is 397 g/mol. The van der Waals surface area contributed by atoms with Crippen LogP contribution in [-0.2, 0) is 19.0 Å². The molecule has 0 atom stereocenters. The fourth-order valence-electron chi connectivity index (χ4n) is 3.52. The van der Waals surface area contributed by atoms with Gasteiger partial charge in [0.15, 0.2) is 0 Å². The summed E-state index contributed by atoms with van der Waals surface area (Å²) in [6, 6.07) is 9.74. The van der Waals surface area contributed by atoms with Crippen LogP contribution in [0.1, 0.15) is 69.8 Å². The van der Waals surface area contributed by atoms with Gasteiger partial charge in [-0.2, -0.15) is 0 Å². The SMILES string of the molecule is O=C(C=Cc1ccccc1)OCCCCCC(OC1=CCCC1)OC1=CCCC1.